The van der Waals surface area contributed by atoms with Crippen LogP contribution in [0.2, 0.25) is 0 Å². The summed E-state index contributed by atoms with van der Waals surface area (Å²) < 4.78 is 0. The minimum Gasteiger partial charge on any atom is -0.481 e. The summed E-state index contributed by atoms with van der Waals surface area (Å²) in [6.07, 6.45) is -0.0370. The Morgan fingerprint density at radius 3 is 1.44 bits per heavy atom. The molecule has 0 aromatic heterocycles. The third kappa shape index (κ3) is 10.4. The van der Waals surface area contributed by atoms with E-state index in [0.29, 0.717) is 6.42 Å². The Morgan fingerprint density at radius 2 is 1.38 bits per heavy atom. The molecule has 0 aromatic rings. The largest absolute Gasteiger partial charge is 0.481 e. The second kappa shape index (κ2) is 8.62. The lowest BCUT2D eigenvalue weighted by Gasteiger charge is -1.99. The molecule has 0 radical (unpaired) electrons. The maximum Gasteiger partial charge on any atom is 0.321 e. The first-order valence-electron chi connectivity index (χ1n) is 4.40. The van der Waals surface area contributed by atoms with E-state index in [-0.39, 0.29) is 0 Å². The SMILES string of the molecule is CCC(N)C(=O)O.N[C@@H](CC(=O)O)C(=O)O. The summed E-state index contributed by atoms with van der Waals surface area (Å²) in [6, 6.07) is -1.97. The maximum absolute atomic E-state index is 9.85. The van der Waals surface area contributed by atoms with Crippen LogP contribution in [0.3, 0.4) is 0 Å². The molecule has 0 bridgehead atoms. The van der Waals surface area contributed by atoms with E-state index < -0.39 is 36.4 Å². The van der Waals surface area contributed by atoms with Gasteiger partial charge in [-0.2, -0.15) is 0 Å². The average Bonchev–Trinajstić information content (AvgIpc) is 2.16. The van der Waals surface area contributed by atoms with E-state index in [1.807, 2.05) is 0 Å². The number of carbonyl (C=O) groups is 3. The Hall–Kier alpha value is -1.67. The predicted octanol–water partition coefficient (Wildman–Crippen LogP) is -1.32. The number of hydrogen-bond acceptors (Lipinski definition) is 5. The molecule has 8 heteroatoms. The smallest absolute Gasteiger partial charge is 0.321 e. The van der Waals surface area contributed by atoms with Crippen molar-refractivity contribution >= 4 is 17.9 Å². The van der Waals surface area contributed by atoms with Crippen molar-refractivity contribution in [3.05, 3.63) is 0 Å². The van der Waals surface area contributed by atoms with E-state index in [1.54, 1.807) is 6.92 Å². The first kappa shape index (κ1) is 16.7. The number of nitrogens with two attached hydrogens (primary N) is 2. The van der Waals surface area contributed by atoms with Crippen LogP contribution in [-0.2, 0) is 14.4 Å². The first-order chi connectivity index (χ1) is 7.22. The fraction of sp³-hybridized carbons (Fsp3) is 0.625. The lowest BCUT2D eigenvalue weighted by atomic mass is 10.2. The topological polar surface area (TPSA) is 164 Å². The summed E-state index contributed by atoms with van der Waals surface area (Å²) in [4.78, 5) is 29.4. The first-order valence-corrected chi connectivity index (χ1v) is 4.40. The van der Waals surface area contributed by atoms with Crippen LogP contribution >= 0.6 is 0 Å². The van der Waals surface area contributed by atoms with Gasteiger partial charge < -0.3 is 26.8 Å². The maximum atomic E-state index is 9.85. The van der Waals surface area contributed by atoms with Crippen molar-refractivity contribution in [2.24, 2.45) is 11.5 Å². The van der Waals surface area contributed by atoms with Gasteiger partial charge in [0.25, 0.3) is 0 Å². The van der Waals surface area contributed by atoms with Gasteiger partial charge in [-0.25, -0.2) is 0 Å². The number of hydrogen-bond donors (Lipinski definition) is 5. The Kier molecular flexibility index (Phi) is 9.03. The molecule has 0 aliphatic heterocycles. The molecule has 7 N–H and O–H groups in total. The van der Waals surface area contributed by atoms with Crippen LogP contribution in [-0.4, -0.2) is 45.3 Å². The van der Waals surface area contributed by atoms with Gasteiger partial charge >= 0.3 is 17.9 Å². The Morgan fingerprint density at radius 1 is 1.00 bits per heavy atom. The lowest BCUT2D eigenvalue weighted by molar-refractivity contribution is -0.144. The minimum absolute atomic E-state index is 0.495. The highest BCUT2D eigenvalue weighted by Gasteiger charge is 2.14. The third-order valence-electron chi connectivity index (χ3n) is 1.47. The summed E-state index contributed by atoms with van der Waals surface area (Å²) in [5, 5.41) is 24.1. The van der Waals surface area contributed by atoms with Crippen LogP contribution in [0.4, 0.5) is 0 Å². The zero-order valence-corrected chi connectivity index (χ0v) is 8.79. The highest BCUT2D eigenvalue weighted by molar-refractivity contribution is 5.80. The molecule has 2 atom stereocenters. The van der Waals surface area contributed by atoms with Gasteiger partial charge in [-0.15, -0.1) is 0 Å². The second-order valence-corrected chi connectivity index (χ2v) is 2.90. The fourth-order valence-corrected chi connectivity index (χ4v) is 0.450. The van der Waals surface area contributed by atoms with Crippen LogP contribution in [0.15, 0.2) is 0 Å². The zero-order chi connectivity index (χ0) is 13.3. The lowest BCUT2D eigenvalue weighted by Crippen LogP contribution is -2.32. The molecule has 0 heterocycles. The highest BCUT2D eigenvalue weighted by Crippen LogP contribution is 1.86. The molecule has 0 aliphatic carbocycles. The normalized spacial score (nSPS) is 12.9. The average molecular weight is 236 g/mol. The fourth-order valence-electron chi connectivity index (χ4n) is 0.450. The van der Waals surface area contributed by atoms with Crippen LogP contribution < -0.4 is 11.5 Å². The molecule has 94 valence electrons. The number of aliphatic carboxylic acids is 3. The number of carboxylic acids is 3. The summed E-state index contributed by atoms with van der Waals surface area (Å²) in [6.45, 7) is 1.73. The Balaban J connectivity index is 0. The van der Waals surface area contributed by atoms with Gasteiger partial charge in [0.1, 0.15) is 12.1 Å². The van der Waals surface area contributed by atoms with E-state index in [0.717, 1.165) is 0 Å². The molecule has 0 saturated carbocycles. The van der Waals surface area contributed by atoms with E-state index in [1.165, 1.54) is 0 Å². The number of carboxylic acid groups (broad SMARTS) is 3. The van der Waals surface area contributed by atoms with Crippen molar-refractivity contribution in [1.29, 1.82) is 0 Å². The second-order valence-electron chi connectivity index (χ2n) is 2.90. The van der Waals surface area contributed by atoms with Crippen LogP contribution in [0.25, 0.3) is 0 Å². The summed E-state index contributed by atoms with van der Waals surface area (Å²) in [7, 11) is 0. The molecule has 0 aromatic carbocycles. The number of rotatable bonds is 5. The summed E-state index contributed by atoms with van der Waals surface area (Å²) in [5.41, 5.74) is 9.85. The van der Waals surface area contributed by atoms with Gasteiger partial charge in [-0.05, 0) is 6.42 Å². The van der Waals surface area contributed by atoms with E-state index in [2.05, 4.69) is 0 Å². The molecule has 8 nitrogen and oxygen atoms in total. The van der Waals surface area contributed by atoms with E-state index in [4.69, 9.17) is 26.8 Å². The minimum atomic E-state index is -1.29. The van der Waals surface area contributed by atoms with Crippen molar-refractivity contribution in [2.75, 3.05) is 0 Å². The third-order valence-corrected chi connectivity index (χ3v) is 1.47. The molecular formula is C8H16N2O6. The van der Waals surface area contributed by atoms with Gasteiger partial charge in [-0.1, -0.05) is 6.92 Å². The van der Waals surface area contributed by atoms with Gasteiger partial charge in [-0.3, -0.25) is 14.4 Å². The quantitative estimate of drug-likeness (QED) is 0.392. The van der Waals surface area contributed by atoms with Crippen molar-refractivity contribution in [3.63, 3.8) is 0 Å². The van der Waals surface area contributed by atoms with Crippen molar-refractivity contribution in [1.82, 2.24) is 0 Å². The molecule has 0 rings (SSSR count). The van der Waals surface area contributed by atoms with Crippen LogP contribution in [0.5, 0.6) is 0 Å². The molecule has 0 aliphatic rings. The molecule has 0 amide bonds. The molecule has 0 saturated heterocycles. The van der Waals surface area contributed by atoms with Crippen molar-refractivity contribution in [3.8, 4) is 0 Å². The molecule has 16 heavy (non-hydrogen) atoms. The molecular weight excluding hydrogens is 220 g/mol. The predicted molar refractivity (Wildman–Crippen MR) is 53.8 cm³/mol. The van der Waals surface area contributed by atoms with Gasteiger partial charge in [0.15, 0.2) is 0 Å². The summed E-state index contributed by atoms with van der Waals surface area (Å²) in [5.74, 6) is -3.43. The highest BCUT2D eigenvalue weighted by atomic mass is 16.4. The Labute approximate surface area is 91.8 Å². The van der Waals surface area contributed by atoms with Crippen LogP contribution in [0, 0.1) is 0 Å². The van der Waals surface area contributed by atoms with Crippen molar-refractivity contribution < 1.29 is 29.7 Å². The standard InChI is InChI=1S/C4H7NO4.C4H9NO2/c5-2(4(8)9)1-3(6)7;1-2-3(5)4(6)7/h2H,1,5H2,(H,6,7)(H,8,9);3H,2,5H2,1H3,(H,6,7)/t2-;/m0./s1. The van der Waals surface area contributed by atoms with Crippen LogP contribution in [0.1, 0.15) is 19.8 Å². The summed E-state index contributed by atoms with van der Waals surface area (Å²) >= 11 is 0. The molecule has 0 spiro atoms. The van der Waals surface area contributed by atoms with E-state index >= 15 is 0 Å². The monoisotopic (exact) mass is 236 g/mol. The zero-order valence-electron chi connectivity index (χ0n) is 8.79. The van der Waals surface area contributed by atoms with Gasteiger partial charge in [0.2, 0.25) is 0 Å². The molecule has 0 fully saturated rings. The van der Waals surface area contributed by atoms with Crippen molar-refractivity contribution in [2.45, 2.75) is 31.8 Å². The van der Waals surface area contributed by atoms with Gasteiger partial charge in [0, 0.05) is 0 Å². The Bertz CT molecular complexity index is 255. The van der Waals surface area contributed by atoms with E-state index in [9.17, 15) is 14.4 Å². The van der Waals surface area contributed by atoms with Gasteiger partial charge in [0.05, 0.1) is 6.42 Å². The molecule has 1 unspecified atom stereocenters.